The highest BCUT2D eigenvalue weighted by Crippen LogP contribution is 2.29. The van der Waals surface area contributed by atoms with Crippen LogP contribution in [0.2, 0.25) is 0 Å². The lowest BCUT2D eigenvalue weighted by atomic mass is 10.2. The smallest absolute Gasteiger partial charge is 0.119 e. The van der Waals surface area contributed by atoms with E-state index in [1.54, 1.807) is 0 Å². The molecule has 1 aromatic carbocycles. The molecule has 96 valence electrons. The third kappa shape index (κ3) is 4.38. The summed E-state index contributed by atoms with van der Waals surface area (Å²) in [4.78, 5) is 2.34. The second kappa shape index (κ2) is 6.42. The topological polar surface area (TPSA) is 36.3 Å². The highest BCUT2D eigenvalue weighted by Gasteiger charge is 2.22. The predicted molar refractivity (Wildman–Crippen MR) is 71.5 cm³/mol. The van der Waals surface area contributed by atoms with Crippen LogP contribution in [0.1, 0.15) is 18.4 Å². The molecule has 1 aliphatic rings. The first-order chi connectivity index (χ1) is 8.78. The molecule has 2 rings (SSSR count). The summed E-state index contributed by atoms with van der Waals surface area (Å²) in [6.45, 7) is 2.89. The van der Waals surface area contributed by atoms with Crippen LogP contribution < -0.4 is 4.74 Å². The zero-order chi connectivity index (χ0) is 12.8. The van der Waals surface area contributed by atoms with Gasteiger partial charge in [0, 0.05) is 13.1 Å². The Bertz CT molecular complexity index is 403. The quantitative estimate of drug-likeness (QED) is 0.739. The van der Waals surface area contributed by atoms with Gasteiger partial charge in [0.15, 0.2) is 0 Å². The van der Waals surface area contributed by atoms with Crippen molar-refractivity contribution < 1.29 is 4.74 Å². The van der Waals surface area contributed by atoms with Gasteiger partial charge in [-0.3, -0.25) is 0 Å². The Balaban J connectivity index is 1.67. The molecular formula is C15H20N2O. The van der Waals surface area contributed by atoms with E-state index in [9.17, 15) is 0 Å². The Morgan fingerprint density at radius 2 is 2.06 bits per heavy atom. The minimum absolute atomic E-state index is 0.463. The number of nitrogens with zero attached hydrogens (tertiary/aromatic N) is 2. The van der Waals surface area contributed by atoms with Gasteiger partial charge >= 0.3 is 0 Å². The van der Waals surface area contributed by atoms with Gasteiger partial charge in [0.05, 0.1) is 12.5 Å². The third-order valence-corrected chi connectivity index (χ3v) is 3.22. The fourth-order valence-corrected chi connectivity index (χ4v) is 1.95. The van der Waals surface area contributed by atoms with Gasteiger partial charge < -0.3 is 9.64 Å². The number of rotatable bonds is 7. The first kappa shape index (κ1) is 12.9. The van der Waals surface area contributed by atoms with Crippen molar-refractivity contribution in [1.29, 1.82) is 5.26 Å². The molecule has 0 saturated heterocycles. The van der Waals surface area contributed by atoms with Crippen molar-refractivity contribution in [2.45, 2.75) is 19.3 Å². The zero-order valence-corrected chi connectivity index (χ0v) is 10.9. The minimum Gasteiger partial charge on any atom is -0.492 e. The number of hydrogen-bond donors (Lipinski definition) is 0. The largest absolute Gasteiger partial charge is 0.492 e. The molecule has 3 heteroatoms. The van der Waals surface area contributed by atoms with Crippen LogP contribution in [0.15, 0.2) is 24.3 Å². The van der Waals surface area contributed by atoms with E-state index in [0.29, 0.717) is 6.42 Å². The van der Waals surface area contributed by atoms with Crippen LogP contribution in [0.4, 0.5) is 0 Å². The van der Waals surface area contributed by atoms with Crippen molar-refractivity contribution in [3.05, 3.63) is 29.8 Å². The average Bonchev–Trinajstić information content (AvgIpc) is 3.16. The second-order valence-corrected chi connectivity index (χ2v) is 5.03. The lowest BCUT2D eigenvalue weighted by molar-refractivity contribution is 0.232. The zero-order valence-electron chi connectivity index (χ0n) is 10.9. The van der Waals surface area contributed by atoms with Crippen molar-refractivity contribution in [3.63, 3.8) is 0 Å². The molecule has 0 amide bonds. The Labute approximate surface area is 109 Å². The molecule has 3 nitrogen and oxygen atoms in total. The summed E-state index contributed by atoms with van der Waals surface area (Å²) in [5.74, 6) is 1.82. The van der Waals surface area contributed by atoms with Crippen LogP contribution in [0, 0.1) is 17.2 Å². The maximum absolute atomic E-state index is 8.58. The predicted octanol–water partition coefficient (Wildman–Crippen LogP) is 2.47. The number of hydrogen-bond acceptors (Lipinski definition) is 3. The molecular weight excluding hydrogens is 224 g/mol. The van der Waals surface area contributed by atoms with E-state index < -0.39 is 0 Å². The Hall–Kier alpha value is -1.53. The number of ether oxygens (including phenoxy) is 1. The van der Waals surface area contributed by atoms with Gasteiger partial charge in [-0.15, -0.1) is 0 Å². The summed E-state index contributed by atoms with van der Waals surface area (Å²) < 4.78 is 5.69. The van der Waals surface area contributed by atoms with Crippen LogP contribution in [-0.4, -0.2) is 31.6 Å². The van der Waals surface area contributed by atoms with E-state index in [0.717, 1.165) is 30.4 Å². The molecule has 0 aliphatic heterocycles. The third-order valence-electron chi connectivity index (χ3n) is 3.22. The number of likely N-dealkylation sites (N-methyl/N-ethyl adjacent to an activating group) is 1. The molecule has 1 aromatic rings. The standard InChI is InChI=1S/C15H20N2O/c1-17(12-14-2-3-14)10-11-18-15-6-4-13(5-7-15)8-9-16/h4-7,14H,2-3,8,10-12H2,1H3. The van der Waals surface area contributed by atoms with Gasteiger partial charge in [-0.1, -0.05) is 12.1 Å². The normalized spacial score (nSPS) is 14.5. The summed E-state index contributed by atoms with van der Waals surface area (Å²) in [5.41, 5.74) is 1.04. The maximum Gasteiger partial charge on any atom is 0.119 e. The molecule has 0 heterocycles. The Kier molecular flexibility index (Phi) is 4.60. The molecule has 0 aromatic heterocycles. The molecule has 0 unspecified atom stereocenters. The van der Waals surface area contributed by atoms with Crippen molar-refractivity contribution in [1.82, 2.24) is 4.90 Å². The number of benzene rings is 1. The summed E-state index contributed by atoms with van der Waals surface area (Å²) in [6, 6.07) is 9.92. The summed E-state index contributed by atoms with van der Waals surface area (Å²) in [6.07, 6.45) is 3.25. The first-order valence-corrected chi connectivity index (χ1v) is 6.55. The van der Waals surface area contributed by atoms with Crippen molar-refractivity contribution in [2.75, 3.05) is 26.7 Å². The van der Waals surface area contributed by atoms with Crippen molar-refractivity contribution in [2.24, 2.45) is 5.92 Å². The van der Waals surface area contributed by atoms with Gasteiger partial charge in [-0.25, -0.2) is 0 Å². The van der Waals surface area contributed by atoms with Crippen LogP contribution in [0.3, 0.4) is 0 Å². The van der Waals surface area contributed by atoms with E-state index in [4.69, 9.17) is 10.00 Å². The Morgan fingerprint density at radius 3 is 2.67 bits per heavy atom. The van der Waals surface area contributed by atoms with Crippen LogP contribution in [0.25, 0.3) is 0 Å². The van der Waals surface area contributed by atoms with E-state index in [1.807, 2.05) is 24.3 Å². The fraction of sp³-hybridized carbons (Fsp3) is 0.533. The second-order valence-electron chi connectivity index (χ2n) is 5.03. The molecule has 0 N–H and O–H groups in total. The summed E-state index contributed by atoms with van der Waals surface area (Å²) >= 11 is 0. The number of nitriles is 1. The van der Waals surface area contributed by atoms with Gasteiger partial charge in [0.1, 0.15) is 12.4 Å². The molecule has 18 heavy (non-hydrogen) atoms. The van der Waals surface area contributed by atoms with Gasteiger partial charge in [0.2, 0.25) is 0 Å². The fourth-order valence-electron chi connectivity index (χ4n) is 1.95. The maximum atomic E-state index is 8.58. The van der Waals surface area contributed by atoms with E-state index >= 15 is 0 Å². The lowest BCUT2D eigenvalue weighted by Crippen LogP contribution is -2.26. The highest BCUT2D eigenvalue weighted by atomic mass is 16.5. The minimum atomic E-state index is 0.463. The average molecular weight is 244 g/mol. The molecule has 1 aliphatic carbocycles. The van der Waals surface area contributed by atoms with Crippen LogP contribution >= 0.6 is 0 Å². The molecule has 0 atom stereocenters. The SMILES string of the molecule is CN(CCOc1ccc(CC#N)cc1)CC1CC1. The van der Waals surface area contributed by atoms with Gasteiger partial charge in [-0.05, 0) is 43.5 Å². The lowest BCUT2D eigenvalue weighted by Gasteiger charge is -2.16. The monoisotopic (exact) mass is 244 g/mol. The molecule has 0 spiro atoms. The van der Waals surface area contributed by atoms with E-state index in [1.165, 1.54) is 19.4 Å². The first-order valence-electron chi connectivity index (χ1n) is 6.55. The molecule has 1 fully saturated rings. The molecule has 1 saturated carbocycles. The highest BCUT2D eigenvalue weighted by molar-refractivity contribution is 5.28. The van der Waals surface area contributed by atoms with Crippen LogP contribution in [0.5, 0.6) is 5.75 Å². The van der Waals surface area contributed by atoms with Gasteiger partial charge in [0.25, 0.3) is 0 Å². The van der Waals surface area contributed by atoms with E-state index in [-0.39, 0.29) is 0 Å². The van der Waals surface area contributed by atoms with E-state index in [2.05, 4.69) is 18.0 Å². The van der Waals surface area contributed by atoms with Crippen molar-refractivity contribution >= 4 is 0 Å². The Morgan fingerprint density at radius 1 is 1.33 bits per heavy atom. The van der Waals surface area contributed by atoms with Crippen LogP contribution in [-0.2, 0) is 6.42 Å². The summed E-state index contributed by atoms with van der Waals surface area (Å²) in [5, 5.41) is 8.58. The molecule has 0 bridgehead atoms. The summed E-state index contributed by atoms with van der Waals surface area (Å²) in [7, 11) is 2.15. The van der Waals surface area contributed by atoms with Crippen molar-refractivity contribution in [3.8, 4) is 11.8 Å². The molecule has 0 radical (unpaired) electrons. The van der Waals surface area contributed by atoms with Gasteiger partial charge in [-0.2, -0.15) is 5.26 Å².